The van der Waals surface area contributed by atoms with Crippen molar-refractivity contribution < 1.29 is 24.3 Å². The molecule has 0 bridgehead atoms. The van der Waals surface area contributed by atoms with Gasteiger partial charge in [-0.3, -0.25) is 9.59 Å². The minimum atomic E-state index is -0.609. The molecule has 4 saturated carbocycles. The summed E-state index contributed by atoms with van der Waals surface area (Å²) in [4.78, 5) is 59.9. The molecule has 0 aromatic heterocycles. The average Bonchev–Trinajstić information content (AvgIpc) is 4.12. The Hall–Kier alpha value is -2.64. The molecule has 0 aromatic carbocycles. The van der Waals surface area contributed by atoms with Crippen LogP contribution in [0.5, 0.6) is 0 Å². The quantitative estimate of drug-likeness (QED) is 0.241. The molecule has 340 valence electrons. The highest BCUT2D eigenvalue weighted by molar-refractivity contribution is 5.79. The highest BCUT2D eigenvalue weighted by Crippen LogP contribution is 2.35. The molecule has 10 fully saturated rings. The first-order valence-electron chi connectivity index (χ1n) is 24.7. The average molecular weight is 839 g/mol. The van der Waals surface area contributed by atoms with Crippen LogP contribution in [0.15, 0.2) is 0 Å². The van der Waals surface area contributed by atoms with Crippen LogP contribution in [0.4, 0.5) is 9.59 Å². The first-order chi connectivity index (χ1) is 28.8. The number of carbonyl (C=O) groups is 4. The van der Waals surface area contributed by atoms with Gasteiger partial charge in [0.2, 0.25) is 5.91 Å². The summed E-state index contributed by atoms with van der Waals surface area (Å²) in [6.45, 7) is 8.79. The zero-order chi connectivity index (χ0) is 40.7. The van der Waals surface area contributed by atoms with Gasteiger partial charge in [0.05, 0.1) is 30.1 Å². The van der Waals surface area contributed by atoms with Gasteiger partial charge in [0.1, 0.15) is 0 Å². The number of carbonyl (C=O) groups excluding carboxylic acids is 3. The molecule has 0 radical (unpaired) electrons. The Kier molecular flexibility index (Phi) is 16.4. The molecule has 6 aliphatic heterocycles. The van der Waals surface area contributed by atoms with E-state index >= 15 is 0 Å². The van der Waals surface area contributed by atoms with Crippen LogP contribution in [0, 0.1) is 11.8 Å². The van der Waals surface area contributed by atoms with Crippen LogP contribution < -0.4 is 16.0 Å². The molecule has 4 aliphatic carbocycles. The lowest BCUT2D eigenvalue weighted by Gasteiger charge is -2.44. The fraction of sp³-hybridized carbons (Fsp3) is 0.915. The number of fused-ring (bicyclic) bond motifs is 2. The van der Waals surface area contributed by atoms with E-state index in [0.29, 0.717) is 54.1 Å². The van der Waals surface area contributed by atoms with Gasteiger partial charge >= 0.3 is 18.0 Å². The zero-order valence-electron chi connectivity index (χ0n) is 36.2. The summed E-state index contributed by atoms with van der Waals surface area (Å²) < 4.78 is 0. The van der Waals surface area contributed by atoms with E-state index in [1.165, 1.54) is 110 Å². The van der Waals surface area contributed by atoms with E-state index in [-0.39, 0.29) is 25.4 Å². The molecule has 60 heavy (non-hydrogen) atoms. The zero-order valence-corrected chi connectivity index (χ0v) is 36.2. The molecule has 0 aromatic rings. The normalized spacial score (nSPS) is 31.9. The molecule has 6 saturated heterocycles. The highest BCUT2D eigenvalue weighted by atomic mass is 16.4. The molecule has 13 heteroatoms. The van der Waals surface area contributed by atoms with Crippen LogP contribution in [-0.4, -0.2) is 154 Å². The minimum absolute atomic E-state index is 0. The minimum Gasteiger partial charge on any atom is -0.481 e. The molecular formula is C47H82N8O5. The lowest BCUT2D eigenvalue weighted by atomic mass is 9.89. The fourth-order valence-corrected chi connectivity index (χ4v) is 13.2. The van der Waals surface area contributed by atoms with E-state index in [9.17, 15) is 19.2 Å². The molecule has 13 nitrogen and oxygen atoms in total. The molecule has 6 heterocycles. The summed E-state index contributed by atoms with van der Waals surface area (Å²) >= 11 is 0. The Bertz CT molecular complexity index is 1390. The fourth-order valence-electron chi connectivity index (χ4n) is 13.2. The number of urea groups is 2. The Morgan fingerprint density at radius 2 is 0.850 bits per heavy atom. The van der Waals surface area contributed by atoms with E-state index in [4.69, 9.17) is 5.11 Å². The Labute approximate surface area is 361 Å². The van der Waals surface area contributed by atoms with Gasteiger partial charge in [0, 0.05) is 69.4 Å². The van der Waals surface area contributed by atoms with Crippen molar-refractivity contribution in [2.45, 2.75) is 210 Å². The maximum Gasteiger partial charge on any atom is 0.318 e. The molecule has 10 aliphatic rings. The molecule has 4 atom stereocenters. The van der Waals surface area contributed by atoms with Crippen molar-refractivity contribution in [3.63, 3.8) is 0 Å². The molecule has 0 unspecified atom stereocenters. The van der Waals surface area contributed by atoms with Crippen LogP contribution in [0.2, 0.25) is 0 Å². The number of nitrogens with one attached hydrogen (secondary N) is 3. The van der Waals surface area contributed by atoms with Crippen LogP contribution in [-0.2, 0) is 9.59 Å². The van der Waals surface area contributed by atoms with Crippen molar-refractivity contribution in [3.05, 3.63) is 0 Å². The number of rotatable bonds is 6. The summed E-state index contributed by atoms with van der Waals surface area (Å²) in [5, 5.41) is 18.4. The van der Waals surface area contributed by atoms with Gasteiger partial charge in [-0.05, 0) is 116 Å². The first-order valence-corrected chi connectivity index (χ1v) is 24.7. The van der Waals surface area contributed by atoms with Gasteiger partial charge in [-0.1, -0.05) is 58.8 Å². The molecule has 10 rings (SSSR count). The number of carboxylic acid groups (broad SMARTS) is 1. The highest BCUT2D eigenvalue weighted by Gasteiger charge is 2.46. The number of hydrogen-bond donors (Lipinski definition) is 4. The standard InChI is InChI=1S/C23H38N4O2.C17H30N4O.C6H10O2.CH4/c28-22(17-5-1-2-6-17)26-15-9-18(10-16-26)25-13-11-19(12-14-25)27-21-8-4-3-7-20(21)24-23(27)29;22-17-19-15-3-1-2-4-16(15)21(17)14-7-11-20(12-8-14)13-5-9-18-10-6-13;7-6(8)5-3-1-2-4-5;/h17-21H,1-16H2,(H,24,29);13-16,18H,1-12H2,(H,19,22);5H,1-4H2,(H,7,8);1H4/t20-,21-;15-,16-;;/m11../s1. The number of hydrogen-bond acceptors (Lipinski definition) is 7. The van der Waals surface area contributed by atoms with Gasteiger partial charge in [0.15, 0.2) is 0 Å². The number of piperidine rings is 4. The van der Waals surface area contributed by atoms with E-state index < -0.39 is 5.97 Å². The Balaban J connectivity index is 0.000000155. The second kappa shape index (κ2) is 21.6. The smallest absolute Gasteiger partial charge is 0.318 e. The second-order valence-electron chi connectivity index (χ2n) is 20.0. The van der Waals surface area contributed by atoms with Crippen molar-refractivity contribution in [2.24, 2.45) is 11.8 Å². The number of aliphatic carboxylic acids is 1. The van der Waals surface area contributed by atoms with Crippen molar-refractivity contribution in [1.82, 2.24) is 40.4 Å². The predicted molar refractivity (Wildman–Crippen MR) is 236 cm³/mol. The van der Waals surface area contributed by atoms with Crippen molar-refractivity contribution in [3.8, 4) is 0 Å². The largest absolute Gasteiger partial charge is 0.481 e. The summed E-state index contributed by atoms with van der Waals surface area (Å²) in [5.74, 6) is 0.122. The monoisotopic (exact) mass is 839 g/mol. The number of likely N-dealkylation sites (tertiary alicyclic amines) is 3. The number of amides is 5. The summed E-state index contributed by atoms with van der Waals surface area (Å²) in [7, 11) is 0. The number of nitrogens with zero attached hydrogens (tertiary/aromatic N) is 5. The maximum absolute atomic E-state index is 12.7. The third-order valence-electron chi connectivity index (χ3n) is 16.6. The van der Waals surface area contributed by atoms with E-state index in [1.54, 1.807) is 0 Å². The van der Waals surface area contributed by atoms with E-state index in [2.05, 4.69) is 40.4 Å². The van der Waals surface area contributed by atoms with E-state index in [0.717, 1.165) is 103 Å². The third-order valence-corrected chi connectivity index (χ3v) is 16.6. The van der Waals surface area contributed by atoms with Crippen LogP contribution in [0.3, 0.4) is 0 Å². The third kappa shape index (κ3) is 10.7. The van der Waals surface area contributed by atoms with Crippen LogP contribution in [0.1, 0.15) is 162 Å². The SMILES string of the molecule is C.O=C(C1CCCC1)N1CCC(N2CCC(N3C(=O)N[C@@H]4CCCC[C@H]43)CC2)CC1.O=C(O)C1CCCC1.O=C1N[C@@H]2CCCC[C@H]2N1C1CCN(C2CCNCC2)CC1. The van der Waals surface area contributed by atoms with Crippen molar-refractivity contribution >= 4 is 23.9 Å². The van der Waals surface area contributed by atoms with Gasteiger partial charge < -0.3 is 45.6 Å². The van der Waals surface area contributed by atoms with Gasteiger partial charge in [-0.25, -0.2) is 9.59 Å². The summed E-state index contributed by atoms with van der Waals surface area (Å²) in [6.07, 6.45) is 27.9. The topological polar surface area (TPSA) is 141 Å². The van der Waals surface area contributed by atoms with Crippen molar-refractivity contribution in [1.29, 1.82) is 0 Å². The lowest BCUT2D eigenvalue weighted by Crippen LogP contribution is -2.54. The molecular weight excluding hydrogens is 757 g/mol. The first kappa shape index (κ1) is 45.4. The summed E-state index contributed by atoms with van der Waals surface area (Å²) in [5.41, 5.74) is 0. The van der Waals surface area contributed by atoms with Gasteiger partial charge in [0.25, 0.3) is 0 Å². The molecule has 5 amide bonds. The Morgan fingerprint density at radius 3 is 1.28 bits per heavy atom. The van der Waals surface area contributed by atoms with Crippen LogP contribution >= 0.6 is 0 Å². The Morgan fingerprint density at radius 1 is 0.467 bits per heavy atom. The van der Waals surface area contributed by atoms with E-state index in [1.807, 2.05) is 0 Å². The molecule has 0 spiro atoms. The second-order valence-corrected chi connectivity index (χ2v) is 20.0. The van der Waals surface area contributed by atoms with Gasteiger partial charge in [-0.15, -0.1) is 0 Å². The van der Waals surface area contributed by atoms with Crippen molar-refractivity contribution in [2.75, 3.05) is 52.4 Å². The van der Waals surface area contributed by atoms with Gasteiger partial charge in [-0.2, -0.15) is 0 Å². The lowest BCUT2D eigenvalue weighted by molar-refractivity contribution is -0.141. The number of carboxylic acids is 1. The summed E-state index contributed by atoms with van der Waals surface area (Å²) in [6, 6.07) is 4.47. The molecule has 4 N–H and O–H groups in total. The maximum atomic E-state index is 12.7. The predicted octanol–water partition coefficient (Wildman–Crippen LogP) is 6.40. The van der Waals surface area contributed by atoms with Crippen LogP contribution in [0.25, 0.3) is 0 Å².